The van der Waals surface area contributed by atoms with E-state index in [0.29, 0.717) is 5.76 Å². The molecule has 0 aliphatic carbocycles. The zero-order valence-electron chi connectivity index (χ0n) is 8.22. The van der Waals surface area contributed by atoms with Crippen LogP contribution in [0.4, 0.5) is 0 Å². The van der Waals surface area contributed by atoms with Gasteiger partial charge in [-0.05, 0) is 39.2 Å². The van der Waals surface area contributed by atoms with Crippen molar-refractivity contribution < 1.29 is 14.6 Å². The molecule has 0 spiro atoms. The van der Waals surface area contributed by atoms with Gasteiger partial charge in [-0.3, -0.25) is 4.89 Å². The topological polar surface area (TPSA) is 35.5 Å². The molecule has 0 aromatic rings. The molecule has 0 N–H and O–H groups in total. The Hall–Kier alpha value is -1.25. The molecule has 0 aromatic carbocycles. The van der Waals surface area contributed by atoms with Crippen molar-refractivity contribution in [1.29, 1.82) is 0 Å². The van der Waals surface area contributed by atoms with Crippen LogP contribution < -0.4 is 0 Å². The van der Waals surface area contributed by atoms with Crippen LogP contribution in [0.25, 0.3) is 0 Å². The third-order valence-electron chi connectivity index (χ3n) is 1.85. The third-order valence-corrected chi connectivity index (χ3v) is 1.85. The number of allylic oxidation sites excluding steroid dienone is 3. The highest BCUT2D eigenvalue weighted by molar-refractivity contribution is 5.89. The second kappa shape index (κ2) is 4.12. The van der Waals surface area contributed by atoms with Crippen molar-refractivity contribution in [3.63, 3.8) is 0 Å². The van der Waals surface area contributed by atoms with Gasteiger partial charge < -0.3 is 0 Å². The second-order valence-corrected chi connectivity index (χ2v) is 3.38. The van der Waals surface area contributed by atoms with Gasteiger partial charge in [0.15, 0.2) is 0 Å². The van der Waals surface area contributed by atoms with Crippen LogP contribution in [0.2, 0.25) is 0 Å². The highest BCUT2D eigenvalue weighted by atomic mass is 17.3. The molecule has 1 aliphatic rings. The molecular weight excluding hydrogens is 168 g/mol. The van der Waals surface area contributed by atoms with Gasteiger partial charge in [-0.1, -0.05) is 11.6 Å². The van der Waals surface area contributed by atoms with E-state index in [9.17, 15) is 4.79 Å². The Bertz CT molecular complexity index is 270. The molecular formula is C10H14O3. The van der Waals surface area contributed by atoms with Gasteiger partial charge in [0, 0.05) is 0 Å². The molecule has 72 valence electrons. The van der Waals surface area contributed by atoms with Crippen molar-refractivity contribution in [3.05, 3.63) is 23.0 Å². The molecule has 1 rings (SSSR count). The molecule has 3 heteroatoms. The molecule has 0 bridgehead atoms. The molecule has 0 aromatic heterocycles. The van der Waals surface area contributed by atoms with Crippen molar-refractivity contribution in [3.8, 4) is 0 Å². The van der Waals surface area contributed by atoms with E-state index in [0.717, 1.165) is 18.4 Å². The van der Waals surface area contributed by atoms with Crippen molar-refractivity contribution in [1.82, 2.24) is 0 Å². The van der Waals surface area contributed by atoms with Crippen LogP contribution in [0.15, 0.2) is 23.0 Å². The lowest BCUT2D eigenvalue weighted by Crippen LogP contribution is -2.23. The summed E-state index contributed by atoms with van der Waals surface area (Å²) < 4.78 is 0. The summed E-state index contributed by atoms with van der Waals surface area (Å²) in [5, 5.41) is 0. The molecule has 1 fully saturated rings. The Morgan fingerprint density at radius 3 is 2.38 bits per heavy atom. The first-order valence-electron chi connectivity index (χ1n) is 4.33. The number of hydrogen-bond acceptors (Lipinski definition) is 3. The zero-order chi connectivity index (χ0) is 9.84. The van der Waals surface area contributed by atoms with Gasteiger partial charge in [0.2, 0.25) is 0 Å². The molecule has 1 saturated heterocycles. The molecule has 0 amide bonds. The Labute approximate surface area is 78.0 Å². The SMILES string of the molecule is CC(C)=CCC/C(C)=C1\OOC1=O. The zero-order valence-corrected chi connectivity index (χ0v) is 8.22. The molecule has 0 unspecified atom stereocenters. The minimum atomic E-state index is -0.352. The Morgan fingerprint density at radius 2 is 2.00 bits per heavy atom. The second-order valence-electron chi connectivity index (χ2n) is 3.38. The molecule has 1 heterocycles. The van der Waals surface area contributed by atoms with Gasteiger partial charge in [0.25, 0.3) is 5.76 Å². The van der Waals surface area contributed by atoms with E-state index in [1.807, 2.05) is 6.92 Å². The van der Waals surface area contributed by atoms with Crippen LogP contribution in [0, 0.1) is 0 Å². The van der Waals surface area contributed by atoms with Crippen molar-refractivity contribution >= 4 is 5.97 Å². The van der Waals surface area contributed by atoms with E-state index < -0.39 is 0 Å². The quantitative estimate of drug-likeness (QED) is 0.382. The average molecular weight is 182 g/mol. The van der Waals surface area contributed by atoms with Crippen molar-refractivity contribution in [2.75, 3.05) is 0 Å². The minimum absolute atomic E-state index is 0.352. The Balaban J connectivity index is 2.41. The lowest BCUT2D eigenvalue weighted by molar-refractivity contribution is -0.295. The van der Waals surface area contributed by atoms with E-state index in [1.165, 1.54) is 5.57 Å². The number of carbonyl (C=O) groups is 1. The van der Waals surface area contributed by atoms with Gasteiger partial charge in [-0.15, -0.1) is 0 Å². The lowest BCUT2D eigenvalue weighted by Gasteiger charge is -2.16. The van der Waals surface area contributed by atoms with Gasteiger partial charge in [-0.2, -0.15) is 0 Å². The molecule has 0 saturated carbocycles. The lowest BCUT2D eigenvalue weighted by atomic mass is 10.1. The normalized spacial score (nSPS) is 18.2. The van der Waals surface area contributed by atoms with E-state index in [-0.39, 0.29) is 5.97 Å². The predicted octanol–water partition coefficient (Wildman–Crippen LogP) is 2.50. The maximum absolute atomic E-state index is 10.7. The maximum atomic E-state index is 10.7. The van der Waals surface area contributed by atoms with Crippen LogP contribution in [0.3, 0.4) is 0 Å². The molecule has 0 radical (unpaired) electrons. The van der Waals surface area contributed by atoms with E-state index >= 15 is 0 Å². The summed E-state index contributed by atoms with van der Waals surface area (Å²) in [7, 11) is 0. The highest BCUT2D eigenvalue weighted by Gasteiger charge is 2.29. The average Bonchev–Trinajstić information content (AvgIpc) is 2.01. The fourth-order valence-corrected chi connectivity index (χ4v) is 1.05. The summed E-state index contributed by atoms with van der Waals surface area (Å²) in [4.78, 5) is 19.5. The number of carbonyl (C=O) groups excluding carboxylic acids is 1. The first kappa shape index (κ1) is 9.84. The van der Waals surface area contributed by atoms with Gasteiger partial charge in [0.1, 0.15) is 0 Å². The first-order chi connectivity index (χ1) is 6.11. The number of rotatable bonds is 3. The standard InChI is InChI=1S/C10H14O3/c1-7(2)5-4-6-8(3)9-10(11)13-12-9/h5H,4,6H2,1-3H3/b9-8-. The van der Waals surface area contributed by atoms with Gasteiger partial charge >= 0.3 is 5.97 Å². The fourth-order valence-electron chi connectivity index (χ4n) is 1.05. The van der Waals surface area contributed by atoms with Crippen LogP contribution in [0.5, 0.6) is 0 Å². The number of hydrogen-bond donors (Lipinski definition) is 0. The smallest absolute Gasteiger partial charge is 0.278 e. The molecule has 0 atom stereocenters. The highest BCUT2D eigenvalue weighted by Crippen LogP contribution is 2.21. The van der Waals surface area contributed by atoms with Crippen molar-refractivity contribution in [2.24, 2.45) is 0 Å². The minimum Gasteiger partial charge on any atom is -0.278 e. The van der Waals surface area contributed by atoms with Gasteiger partial charge in [0.05, 0.1) is 0 Å². The van der Waals surface area contributed by atoms with Crippen LogP contribution in [-0.4, -0.2) is 5.97 Å². The summed E-state index contributed by atoms with van der Waals surface area (Å²) in [5.41, 5.74) is 2.24. The van der Waals surface area contributed by atoms with E-state index in [2.05, 4.69) is 29.7 Å². The van der Waals surface area contributed by atoms with Crippen LogP contribution in [-0.2, 0) is 14.6 Å². The van der Waals surface area contributed by atoms with Crippen LogP contribution >= 0.6 is 0 Å². The van der Waals surface area contributed by atoms with E-state index in [1.54, 1.807) is 0 Å². The van der Waals surface area contributed by atoms with E-state index in [4.69, 9.17) is 0 Å². The first-order valence-corrected chi connectivity index (χ1v) is 4.33. The summed E-state index contributed by atoms with van der Waals surface area (Å²) in [5.74, 6) is 0.0249. The van der Waals surface area contributed by atoms with Crippen LogP contribution in [0.1, 0.15) is 33.6 Å². The monoisotopic (exact) mass is 182 g/mol. The largest absolute Gasteiger partial charge is 0.425 e. The fraction of sp³-hybridized carbons (Fsp3) is 0.500. The summed E-state index contributed by atoms with van der Waals surface area (Å²) in [6.07, 6.45) is 3.91. The summed E-state index contributed by atoms with van der Waals surface area (Å²) in [6, 6.07) is 0. The molecule has 3 nitrogen and oxygen atoms in total. The summed E-state index contributed by atoms with van der Waals surface area (Å²) >= 11 is 0. The Kier molecular flexibility index (Phi) is 3.12. The third kappa shape index (κ3) is 2.61. The molecule has 13 heavy (non-hydrogen) atoms. The summed E-state index contributed by atoms with van der Waals surface area (Å²) in [6.45, 7) is 5.99. The van der Waals surface area contributed by atoms with Gasteiger partial charge in [-0.25, -0.2) is 9.68 Å². The molecule has 1 aliphatic heterocycles. The van der Waals surface area contributed by atoms with Crippen molar-refractivity contribution in [2.45, 2.75) is 33.6 Å². The maximum Gasteiger partial charge on any atom is 0.425 e. The Morgan fingerprint density at radius 1 is 1.31 bits per heavy atom. The predicted molar refractivity (Wildman–Crippen MR) is 48.5 cm³/mol.